The number of benzene rings is 1. The molecular formula is C15H24Cl2N2. The van der Waals surface area contributed by atoms with Crippen molar-refractivity contribution in [1.29, 1.82) is 0 Å². The SMILES string of the molecule is CN(C)c1ccc([C@H](N)C2CCCCC2)c(Cl)c1.Cl. The second-order valence-corrected chi connectivity index (χ2v) is 5.93. The van der Waals surface area contributed by atoms with Crippen LogP contribution in [0.1, 0.15) is 43.7 Å². The van der Waals surface area contributed by atoms with Crippen molar-refractivity contribution in [2.45, 2.75) is 38.1 Å². The summed E-state index contributed by atoms with van der Waals surface area (Å²) in [4.78, 5) is 2.06. The number of hydrogen-bond acceptors (Lipinski definition) is 2. The summed E-state index contributed by atoms with van der Waals surface area (Å²) in [5.41, 5.74) is 8.63. The first-order valence-corrected chi connectivity index (χ1v) is 7.19. The van der Waals surface area contributed by atoms with Crippen LogP contribution < -0.4 is 10.6 Å². The highest BCUT2D eigenvalue weighted by Crippen LogP contribution is 2.36. The van der Waals surface area contributed by atoms with Crippen LogP contribution in [0.2, 0.25) is 5.02 Å². The topological polar surface area (TPSA) is 29.3 Å². The van der Waals surface area contributed by atoms with Crippen LogP contribution in [-0.4, -0.2) is 14.1 Å². The van der Waals surface area contributed by atoms with Crippen molar-refractivity contribution in [2.24, 2.45) is 11.7 Å². The Morgan fingerprint density at radius 2 is 1.84 bits per heavy atom. The van der Waals surface area contributed by atoms with Gasteiger partial charge in [0.2, 0.25) is 0 Å². The van der Waals surface area contributed by atoms with E-state index < -0.39 is 0 Å². The maximum Gasteiger partial charge on any atom is 0.0474 e. The Labute approximate surface area is 127 Å². The van der Waals surface area contributed by atoms with E-state index in [9.17, 15) is 0 Å². The lowest BCUT2D eigenvalue weighted by molar-refractivity contribution is 0.308. The molecule has 0 aliphatic heterocycles. The number of halogens is 2. The molecule has 19 heavy (non-hydrogen) atoms. The first-order valence-electron chi connectivity index (χ1n) is 6.82. The van der Waals surface area contributed by atoms with Gasteiger partial charge in [-0.15, -0.1) is 12.4 Å². The smallest absolute Gasteiger partial charge is 0.0474 e. The predicted octanol–water partition coefficient (Wildman–Crippen LogP) is 4.41. The Kier molecular flexibility index (Phi) is 6.45. The van der Waals surface area contributed by atoms with E-state index in [1.54, 1.807) is 0 Å². The molecule has 1 aromatic carbocycles. The van der Waals surface area contributed by atoms with Crippen molar-refractivity contribution in [1.82, 2.24) is 0 Å². The van der Waals surface area contributed by atoms with Crippen molar-refractivity contribution in [3.05, 3.63) is 28.8 Å². The number of nitrogens with zero attached hydrogens (tertiary/aromatic N) is 1. The highest BCUT2D eigenvalue weighted by molar-refractivity contribution is 6.31. The summed E-state index contributed by atoms with van der Waals surface area (Å²) in [7, 11) is 4.04. The van der Waals surface area contributed by atoms with Crippen LogP contribution in [0.4, 0.5) is 5.69 Å². The molecule has 1 aliphatic rings. The molecular weight excluding hydrogens is 279 g/mol. The van der Waals surface area contributed by atoms with E-state index in [-0.39, 0.29) is 18.4 Å². The molecule has 0 spiro atoms. The van der Waals surface area contributed by atoms with Crippen LogP contribution in [0.25, 0.3) is 0 Å². The van der Waals surface area contributed by atoms with E-state index in [4.69, 9.17) is 17.3 Å². The quantitative estimate of drug-likeness (QED) is 0.896. The van der Waals surface area contributed by atoms with Gasteiger partial charge in [0.05, 0.1) is 0 Å². The summed E-state index contributed by atoms with van der Waals surface area (Å²) in [6, 6.07) is 6.30. The van der Waals surface area contributed by atoms with E-state index in [0.717, 1.165) is 16.3 Å². The van der Waals surface area contributed by atoms with Crippen LogP contribution in [-0.2, 0) is 0 Å². The predicted molar refractivity (Wildman–Crippen MR) is 86.5 cm³/mol. The maximum atomic E-state index is 6.40. The zero-order valence-electron chi connectivity index (χ0n) is 11.7. The molecule has 108 valence electrons. The summed E-state index contributed by atoms with van der Waals surface area (Å²) in [5, 5.41) is 0.805. The van der Waals surface area contributed by atoms with Gasteiger partial charge in [0.25, 0.3) is 0 Å². The van der Waals surface area contributed by atoms with Crippen molar-refractivity contribution >= 4 is 29.7 Å². The molecule has 0 saturated heterocycles. The van der Waals surface area contributed by atoms with Gasteiger partial charge in [-0.2, -0.15) is 0 Å². The van der Waals surface area contributed by atoms with Crippen molar-refractivity contribution in [3.8, 4) is 0 Å². The Morgan fingerprint density at radius 3 is 2.37 bits per heavy atom. The molecule has 2 N–H and O–H groups in total. The fourth-order valence-electron chi connectivity index (χ4n) is 2.81. The van der Waals surface area contributed by atoms with Crippen molar-refractivity contribution in [3.63, 3.8) is 0 Å². The lowest BCUT2D eigenvalue weighted by atomic mass is 9.81. The summed E-state index contributed by atoms with van der Waals surface area (Å²) in [6.45, 7) is 0. The summed E-state index contributed by atoms with van der Waals surface area (Å²) < 4.78 is 0. The van der Waals surface area contributed by atoms with Gasteiger partial charge in [0.1, 0.15) is 0 Å². The first kappa shape index (κ1) is 16.6. The van der Waals surface area contributed by atoms with Gasteiger partial charge < -0.3 is 10.6 Å². The van der Waals surface area contributed by atoms with Crippen molar-refractivity contribution in [2.75, 3.05) is 19.0 Å². The van der Waals surface area contributed by atoms with Crippen molar-refractivity contribution < 1.29 is 0 Å². The minimum atomic E-state index is 0. The van der Waals surface area contributed by atoms with Gasteiger partial charge in [-0.25, -0.2) is 0 Å². The molecule has 0 unspecified atom stereocenters. The maximum absolute atomic E-state index is 6.40. The molecule has 0 bridgehead atoms. The molecule has 1 saturated carbocycles. The fourth-order valence-corrected chi connectivity index (χ4v) is 3.11. The Hall–Kier alpha value is -0.440. The number of hydrogen-bond donors (Lipinski definition) is 1. The molecule has 2 nitrogen and oxygen atoms in total. The third-order valence-electron chi connectivity index (χ3n) is 4.02. The largest absolute Gasteiger partial charge is 0.378 e. The number of anilines is 1. The monoisotopic (exact) mass is 302 g/mol. The van der Waals surface area contributed by atoms with Crippen LogP contribution in [0.15, 0.2) is 18.2 Å². The van der Waals surface area contributed by atoms with Crippen LogP contribution in [0.3, 0.4) is 0 Å². The normalized spacial score (nSPS) is 17.7. The molecule has 2 rings (SSSR count). The highest BCUT2D eigenvalue weighted by Gasteiger charge is 2.23. The Bertz CT molecular complexity index is 401. The molecule has 0 radical (unpaired) electrons. The molecule has 0 heterocycles. The van der Waals surface area contributed by atoms with Gasteiger partial charge in [-0.3, -0.25) is 0 Å². The Morgan fingerprint density at radius 1 is 1.21 bits per heavy atom. The minimum absolute atomic E-state index is 0. The summed E-state index contributed by atoms with van der Waals surface area (Å²) >= 11 is 6.38. The second-order valence-electron chi connectivity index (χ2n) is 5.52. The minimum Gasteiger partial charge on any atom is -0.378 e. The van der Waals surface area contributed by atoms with E-state index >= 15 is 0 Å². The van der Waals surface area contributed by atoms with Gasteiger partial charge in [-0.1, -0.05) is 36.9 Å². The van der Waals surface area contributed by atoms with Gasteiger partial charge in [0, 0.05) is 30.8 Å². The molecule has 1 fully saturated rings. The molecule has 1 aliphatic carbocycles. The first-order chi connectivity index (χ1) is 8.59. The van der Waals surface area contributed by atoms with E-state index in [1.165, 1.54) is 32.1 Å². The van der Waals surface area contributed by atoms with Crippen LogP contribution in [0, 0.1) is 5.92 Å². The van der Waals surface area contributed by atoms with Crippen LogP contribution >= 0.6 is 24.0 Å². The number of nitrogens with two attached hydrogens (primary N) is 1. The third-order valence-corrected chi connectivity index (χ3v) is 4.34. The molecule has 4 heteroatoms. The van der Waals surface area contributed by atoms with Crippen LogP contribution in [0.5, 0.6) is 0 Å². The molecule has 1 atom stereocenters. The molecule has 0 amide bonds. The molecule has 1 aromatic rings. The average Bonchev–Trinajstić information content (AvgIpc) is 2.38. The zero-order valence-corrected chi connectivity index (χ0v) is 13.3. The van der Waals surface area contributed by atoms with E-state index in [1.807, 2.05) is 20.2 Å². The lowest BCUT2D eigenvalue weighted by Gasteiger charge is -2.28. The van der Waals surface area contributed by atoms with E-state index in [0.29, 0.717) is 5.92 Å². The third kappa shape index (κ3) is 4.01. The standard InChI is InChI=1S/C15H23ClN2.ClH/c1-18(2)12-8-9-13(14(16)10-12)15(17)11-6-4-3-5-7-11;/h8-11,15H,3-7,17H2,1-2H3;1H/t15-;/m1./s1. The lowest BCUT2D eigenvalue weighted by Crippen LogP contribution is -2.24. The van der Waals surface area contributed by atoms with Gasteiger partial charge >= 0.3 is 0 Å². The van der Waals surface area contributed by atoms with E-state index in [2.05, 4.69) is 17.0 Å². The second kappa shape index (κ2) is 7.37. The number of rotatable bonds is 3. The van der Waals surface area contributed by atoms with Gasteiger partial charge in [-0.05, 0) is 36.5 Å². The molecule has 0 aromatic heterocycles. The van der Waals surface area contributed by atoms with Gasteiger partial charge in [0.15, 0.2) is 0 Å². The average molecular weight is 303 g/mol. The summed E-state index contributed by atoms with van der Waals surface area (Å²) in [6.07, 6.45) is 6.47. The fraction of sp³-hybridized carbons (Fsp3) is 0.600. The zero-order chi connectivity index (χ0) is 13.1. The highest BCUT2D eigenvalue weighted by atomic mass is 35.5. The summed E-state index contributed by atoms with van der Waals surface area (Å²) in [5.74, 6) is 0.599. The Balaban J connectivity index is 0.00000180.